The van der Waals surface area contributed by atoms with E-state index in [9.17, 15) is 8.78 Å². The smallest absolute Gasteiger partial charge is 0.387 e. The zero-order chi connectivity index (χ0) is 24.8. The van der Waals surface area contributed by atoms with Crippen LogP contribution in [0.2, 0.25) is 0 Å². The average Bonchev–Trinajstić information content (AvgIpc) is 3.41. The van der Waals surface area contributed by atoms with Crippen LogP contribution >= 0.6 is 0 Å². The van der Waals surface area contributed by atoms with Gasteiger partial charge in [0.2, 0.25) is 5.95 Å². The van der Waals surface area contributed by atoms with Gasteiger partial charge in [-0.15, -0.1) is 0 Å². The number of halogens is 4. The summed E-state index contributed by atoms with van der Waals surface area (Å²) in [5.74, 6) is 0.0753. The van der Waals surface area contributed by atoms with Gasteiger partial charge in [0.05, 0.1) is 30.3 Å². The second-order valence-corrected chi connectivity index (χ2v) is 8.67. The molecule has 0 aliphatic carbocycles. The molecule has 0 bridgehead atoms. The zero-order valence-corrected chi connectivity index (χ0v) is 19.0. The molecule has 1 saturated heterocycles. The highest BCUT2D eigenvalue weighted by Crippen LogP contribution is 2.46. The normalized spacial score (nSPS) is 19.8. The number of anilines is 1. The number of imidazole rings is 1. The van der Waals surface area contributed by atoms with Gasteiger partial charge in [-0.3, -0.25) is 0 Å². The summed E-state index contributed by atoms with van der Waals surface area (Å²) in [7, 11) is 0. The number of morpholine rings is 1. The van der Waals surface area contributed by atoms with Crippen molar-refractivity contribution in [1.29, 1.82) is 0 Å². The molecule has 0 radical (unpaired) electrons. The highest BCUT2D eigenvalue weighted by Gasteiger charge is 2.37. The molecule has 0 amide bonds. The standard InChI is InChI=1S/C25H21F4N5O2/c26-17-10-19-21(9-16(17)14-12-30-25(31-13-14)33-5-7-35-8-6-33)34-20(11-18(27)23(34)32-19)15-3-1-2-4-22(15)36-24(28)29/h1-4,9-10,12-13,18,20,24H,5-8,11H2/t18?,20-/m0/s1. The van der Waals surface area contributed by atoms with Crippen LogP contribution in [0.25, 0.3) is 22.2 Å². The van der Waals surface area contributed by atoms with Crippen molar-refractivity contribution in [3.63, 3.8) is 0 Å². The largest absolute Gasteiger partial charge is 0.434 e. The molecule has 36 heavy (non-hydrogen) atoms. The zero-order valence-electron chi connectivity index (χ0n) is 19.0. The predicted molar refractivity (Wildman–Crippen MR) is 123 cm³/mol. The van der Waals surface area contributed by atoms with Crippen molar-refractivity contribution >= 4 is 17.0 Å². The van der Waals surface area contributed by atoms with E-state index in [0.29, 0.717) is 48.9 Å². The van der Waals surface area contributed by atoms with Gasteiger partial charge in [-0.1, -0.05) is 18.2 Å². The molecule has 1 fully saturated rings. The molecule has 6 rings (SSSR count). The Morgan fingerprint density at radius 3 is 2.56 bits per heavy atom. The lowest BCUT2D eigenvalue weighted by atomic mass is 10.0. The molecule has 2 atom stereocenters. The first-order valence-corrected chi connectivity index (χ1v) is 11.5. The minimum absolute atomic E-state index is 0.00590. The third kappa shape index (κ3) is 3.93. The Bertz CT molecular complexity index is 1410. The van der Waals surface area contributed by atoms with E-state index in [1.54, 1.807) is 41.2 Å². The van der Waals surface area contributed by atoms with E-state index < -0.39 is 24.6 Å². The lowest BCUT2D eigenvalue weighted by molar-refractivity contribution is -0.0507. The summed E-state index contributed by atoms with van der Waals surface area (Å²) in [6, 6.07) is 8.48. The summed E-state index contributed by atoms with van der Waals surface area (Å²) >= 11 is 0. The van der Waals surface area contributed by atoms with Crippen molar-refractivity contribution in [1.82, 2.24) is 19.5 Å². The summed E-state index contributed by atoms with van der Waals surface area (Å²) in [4.78, 5) is 15.1. The molecule has 0 spiro atoms. The first-order valence-electron chi connectivity index (χ1n) is 11.5. The third-order valence-corrected chi connectivity index (χ3v) is 6.56. The monoisotopic (exact) mass is 499 g/mol. The maximum Gasteiger partial charge on any atom is 0.387 e. The van der Waals surface area contributed by atoms with Gasteiger partial charge in [0.25, 0.3) is 0 Å². The molecule has 0 N–H and O–H groups in total. The molecule has 4 heterocycles. The predicted octanol–water partition coefficient (Wildman–Crippen LogP) is 5.07. The van der Waals surface area contributed by atoms with Crippen molar-refractivity contribution in [2.75, 3.05) is 31.2 Å². The van der Waals surface area contributed by atoms with Crippen LogP contribution in [0.1, 0.15) is 30.0 Å². The van der Waals surface area contributed by atoms with E-state index >= 15 is 8.78 Å². The molecule has 11 heteroatoms. The summed E-state index contributed by atoms with van der Waals surface area (Å²) in [6.45, 7) is -0.502. The summed E-state index contributed by atoms with van der Waals surface area (Å²) < 4.78 is 67.8. The van der Waals surface area contributed by atoms with Gasteiger partial charge in [0, 0.05) is 54.7 Å². The second-order valence-electron chi connectivity index (χ2n) is 8.67. The molecule has 1 unspecified atom stereocenters. The molecule has 2 aliphatic rings. The maximum absolute atomic E-state index is 15.1. The average molecular weight is 499 g/mol. The van der Waals surface area contributed by atoms with Crippen LogP contribution in [0.15, 0.2) is 48.8 Å². The fourth-order valence-corrected chi connectivity index (χ4v) is 4.92. The van der Waals surface area contributed by atoms with Crippen molar-refractivity contribution in [3.8, 4) is 16.9 Å². The fourth-order valence-electron chi connectivity index (χ4n) is 4.92. The first-order chi connectivity index (χ1) is 17.5. The minimum atomic E-state index is -3.02. The van der Waals surface area contributed by atoms with Gasteiger partial charge in [-0.2, -0.15) is 8.78 Å². The van der Waals surface area contributed by atoms with Gasteiger partial charge in [-0.25, -0.2) is 23.7 Å². The highest BCUT2D eigenvalue weighted by atomic mass is 19.3. The topological polar surface area (TPSA) is 65.3 Å². The van der Waals surface area contributed by atoms with E-state index in [4.69, 9.17) is 9.47 Å². The number of nitrogens with zero attached hydrogens (tertiary/aromatic N) is 5. The van der Waals surface area contributed by atoms with Crippen LogP contribution in [-0.2, 0) is 4.74 Å². The molecule has 2 aromatic carbocycles. The summed E-state index contributed by atoms with van der Waals surface area (Å²) in [5.41, 5.74) is 1.85. The van der Waals surface area contributed by atoms with Crippen molar-refractivity contribution in [2.45, 2.75) is 25.2 Å². The quantitative estimate of drug-likeness (QED) is 0.357. The molecule has 186 valence electrons. The van der Waals surface area contributed by atoms with E-state index in [1.807, 2.05) is 4.90 Å². The number of alkyl halides is 3. The van der Waals surface area contributed by atoms with E-state index in [-0.39, 0.29) is 29.1 Å². The molecule has 4 aromatic rings. The van der Waals surface area contributed by atoms with Crippen LogP contribution in [0, 0.1) is 5.82 Å². The Labute approximate surface area is 203 Å². The van der Waals surface area contributed by atoms with E-state index in [2.05, 4.69) is 15.0 Å². The number of aromatic nitrogens is 4. The molecule has 2 aromatic heterocycles. The second kappa shape index (κ2) is 9.05. The van der Waals surface area contributed by atoms with Crippen molar-refractivity contribution < 1.29 is 27.0 Å². The van der Waals surface area contributed by atoms with Crippen LogP contribution in [0.3, 0.4) is 0 Å². The number of fused-ring (bicyclic) bond motifs is 3. The Kier molecular flexibility index (Phi) is 5.71. The number of ether oxygens (including phenoxy) is 2. The van der Waals surface area contributed by atoms with Crippen LogP contribution in [0.4, 0.5) is 23.5 Å². The Balaban J connectivity index is 1.41. The van der Waals surface area contributed by atoms with Crippen LogP contribution in [0.5, 0.6) is 5.75 Å². The van der Waals surface area contributed by atoms with Crippen molar-refractivity contribution in [3.05, 3.63) is 66.0 Å². The van der Waals surface area contributed by atoms with Crippen LogP contribution in [-0.4, -0.2) is 52.4 Å². The highest BCUT2D eigenvalue weighted by molar-refractivity contribution is 5.83. The number of hydrogen-bond acceptors (Lipinski definition) is 6. The van der Waals surface area contributed by atoms with Gasteiger partial charge in [0.15, 0.2) is 6.17 Å². The number of benzene rings is 2. The molecule has 2 aliphatic heterocycles. The number of hydrogen-bond donors (Lipinski definition) is 0. The Hall–Kier alpha value is -3.73. The minimum Gasteiger partial charge on any atom is -0.434 e. The Morgan fingerprint density at radius 1 is 1.06 bits per heavy atom. The van der Waals surface area contributed by atoms with Crippen molar-refractivity contribution in [2.24, 2.45) is 0 Å². The van der Waals surface area contributed by atoms with Gasteiger partial charge >= 0.3 is 6.61 Å². The Morgan fingerprint density at radius 2 is 1.81 bits per heavy atom. The SMILES string of the molecule is Fc1cc2nc3n(c2cc1-c1cnc(N2CCOCC2)nc1)[C@H](c1ccccc1OC(F)F)CC3F. The van der Waals surface area contributed by atoms with E-state index in [1.165, 1.54) is 12.1 Å². The molecular weight excluding hydrogens is 478 g/mol. The maximum atomic E-state index is 15.1. The molecule has 7 nitrogen and oxygen atoms in total. The van der Waals surface area contributed by atoms with Gasteiger partial charge in [0.1, 0.15) is 17.4 Å². The lowest BCUT2D eigenvalue weighted by Crippen LogP contribution is -2.37. The summed E-state index contributed by atoms with van der Waals surface area (Å²) in [5, 5.41) is 0. The number of rotatable bonds is 5. The van der Waals surface area contributed by atoms with Gasteiger partial charge < -0.3 is 18.9 Å². The summed E-state index contributed by atoms with van der Waals surface area (Å²) in [6.07, 6.45) is 1.66. The van der Waals surface area contributed by atoms with Crippen LogP contribution < -0.4 is 9.64 Å². The first kappa shape index (κ1) is 22.7. The molecule has 0 saturated carbocycles. The number of para-hydroxylation sites is 1. The fraction of sp³-hybridized carbons (Fsp3) is 0.320. The third-order valence-electron chi connectivity index (χ3n) is 6.56. The van der Waals surface area contributed by atoms with Gasteiger partial charge in [-0.05, 0) is 12.1 Å². The van der Waals surface area contributed by atoms with E-state index in [0.717, 1.165) is 0 Å². The lowest BCUT2D eigenvalue weighted by Gasteiger charge is -2.26. The molecular formula is C25H21F4N5O2.